The van der Waals surface area contributed by atoms with E-state index < -0.39 is 0 Å². The smallest absolute Gasteiger partial charge is 0.230 e. The molecule has 4 heterocycles. The topological polar surface area (TPSA) is 76.2 Å². The molecule has 2 atom stereocenters. The molecule has 8 nitrogen and oxygen atoms in total. The molecule has 1 aliphatic carbocycles. The van der Waals surface area contributed by atoms with Crippen LogP contribution in [0.4, 0.5) is 22.9 Å². The van der Waals surface area contributed by atoms with Crippen LogP contribution in [0, 0.1) is 5.92 Å². The van der Waals surface area contributed by atoms with E-state index in [9.17, 15) is 4.79 Å². The lowest BCUT2D eigenvalue weighted by Crippen LogP contribution is -2.58. The van der Waals surface area contributed by atoms with Crippen LogP contribution in [0.1, 0.15) is 57.9 Å². The van der Waals surface area contributed by atoms with Gasteiger partial charge in [-0.3, -0.25) is 4.79 Å². The van der Waals surface area contributed by atoms with Crippen LogP contribution >= 0.6 is 0 Å². The Morgan fingerprint density at radius 3 is 2.55 bits per heavy atom. The van der Waals surface area contributed by atoms with Crippen LogP contribution in [-0.2, 0) is 25.5 Å². The molecule has 4 aliphatic rings. The Balaban J connectivity index is 1.31. The minimum atomic E-state index is 0.00182. The number of carbonyl (C=O) groups is 1. The molecule has 38 heavy (non-hydrogen) atoms. The number of hydrogen-bond donors (Lipinski definition) is 1. The summed E-state index contributed by atoms with van der Waals surface area (Å²) in [6.45, 7) is 6.07. The van der Waals surface area contributed by atoms with Crippen LogP contribution in [0.15, 0.2) is 36.5 Å². The summed E-state index contributed by atoms with van der Waals surface area (Å²) in [5.41, 5.74) is 4.02. The molecule has 204 valence electrons. The van der Waals surface area contributed by atoms with Crippen LogP contribution in [0.3, 0.4) is 0 Å². The average molecular weight is 521 g/mol. The van der Waals surface area contributed by atoms with Gasteiger partial charge in [-0.1, -0.05) is 6.07 Å². The molecule has 6 rings (SSSR count). The first-order chi connectivity index (χ1) is 18.5. The average Bonchev–Trinajstić information content (AvgIpc) is 3.08. The highest BCUT2D eigenvalue weighted by Gasteiger charge is 2.40. The number of nitrogens with zero attached hydrogens (tertiary/aromatic N) is 3. The Kier molecular flexibility index (Phi) is 7.29. The fraction of sp³-hybridized carbons (Fsp3) is 0.600. The highest BCUT2D eigenvalue weighted by molar-refractivity contribution is 6.00. The summed E-state index contributed by atoms with van der Waals surface area (Å²) in [6, 6.07) is 11.0. The highest BCUT2D eigenvalue weighted by atomic mass is 16.5. The minimum Gasteiger partial charge on any atom is -0.381 e. The third-order valence-corrected chi connectivity index (χ3v) is 8.61. The van der Waals surface area contributed by atoms with Gasteiger partial charge < -0.3 is 29.3 Å². The maximum atomic E-state index is 14.2. The molecule has 1 aromatic carbocycles. The molecule has 1 amide bonds. The molecule has 2 saturated heterocycles. The van der Waals surface area contributed by atoms with E-state index in [0.29, 0.717) is 19.8 Å². The van der Waals surface area contributed by atoms with Crippen molar-refractivity contribution in [3.05, 3.63) is 42.1 Å². The zero-order valence-electron chi connectivity index (χ0n) is 22.8. The Bertz CT molecular complexity index is 1130. The standard InChI is InChI=1S/C30H40N4O4/c1-19(2)38-25-9-6-20(7-10-25)30(35)33-16-21-5-4-12-31-29(21)32-27-11-8-22(15-28(27)33)34-23-13-26(36-3)14-24(34)18-37-17-23/h4-5,8,11-12,15,19-20,23-26H,6-7,9-10,13-14,16-18H2,1-3H3,(H,31,32)/t20-,23?,24?,25-,26?. The van der Waals surface area contributed by atoms with Gasteiger partial charge in [0.2, 0.25) is 5.91 Å². The molecule has 1 saturated carbocycles. The van der Waals surface area contributed by atoms with Crippen LogP contribution in [0.2, 0.25) is 0 Å². The zero-order valence-corrected chi connectivity index (χ0v) is 22.8. The molecule has 8 heteroatoms. The van der Waals surface area contributed by atoms with Gasteiger partial charge >= 0.3 is 0 Å². The van der Waals surface area contributed by atoms with E-state index in [2.05, 4.69) is 53.3 Å². The van der Waals surface area contributed by atoms with Crippen LogP contribution in [-0.4, -0.2) is 61.6 Å². The molecule has 0 spiro atoms. The number of rotatable bonds is 5. The number of pyridine rings is 1. The van der Waals surface area contributed by atoms with E-state index >= 15 is 0 Å². The molecular formula is C30H40N4O4. The predicted octanol–water partition coefficient (Wildman–Crippen LogP) is 5.04. The number of aromatic nitrogens is 1. The zero-order chi connectivity index (χ0) is 26.2. The number of methoxy groups -OCH3 is 1. The fourth-order valence-corrected chi connectivity index (χ4v) is 6.80. The molecule has 2 unspecified atom stereocenters. The number of morpholine rings is 1. The van der Waals surface area contributed by atoms with Crippen molar-refractivity contribution in [2.45, 2.75) is 89.3 Å². The first-order valence-electron chi connectivity index (χ1n) is 14.2. The normalized spacial score (nSPS) is 28.8. The number of benzene rings is 1. The van der Waals surface area contributed by atoms with Crippen molar-refractivity contribution in [3.8, 4) is 0 Å². The Labute approximate surface area is 225 Å². The number of carbonyl (C=O) groups excluding carboxylic acids is 1. The SMILES string of the molecule is COC1CC2COCC(C1)N2c1ccc2c(c1)N(C(=O)[C@H]1CC[C@H](OC(C)C)CC1)Cc1cccnc1N2. The first-order valence-corrected chi connectivity index (χ1v) is 14.2. The van der Waals surface area contributed by atoms with E-state index in [0.717, 1.165) is 67.0 Å². The molecule has 1 aromatic heterocycles. The van der Waals surface area contributed by atoms with Gasteiger partial charge in [0.05, 0.1) is 61.5 Å². The quantitative estimate of drug-likeness (QED) is 0.592. The molecule has 2 aromatic rings. The van der Waals surface area contributed by atoms with Gasteiger partial charge in [0.1, 0.15) is 5.82 Å². The Morgan fingerprint density at radius 1 is 1.08 bits per heavy atom. The second-order valence-electron chi connectivity index (χ2n) is 11.5. The van der Waals surface area contributed by atoms with E-state index in [-0.39, 0.29) is 42.2 Å². The fourth-order valence-electron chi connectivity index (χ4n) is 6.80. The summed E-state index contributed by atoms with van der Waals surface area (Å²) < 4.78 is 17.7. The van der Waals surface area contributed by atoms with Crippen molar-refractivity contribution in [1.29, 1.82) is 0 Å². The van der Waals surface area contributed by atoms with Gasteiger partial charge in [-0.2, -0.15) is 0 Å². The van der Waals surface area contributed by atoms with E-state index in [1.807, 2.05) is 18.1 Å². The van der Waals surface area contributed by atoms with Crippen molar-refractivity contribution >= 4 is 28.8 Å². The van der Waals surface area contributed by atoms with Crippen LogP contribution in [0.5, 0.6) is 0 Å². The lowest BCUT2D eigenvalue weighted by Gasteiger charge is -2.49. The maximum absolute atomic E-state index is 14.2. The van der Waals surface area contributed by atoms with Gasteiger partial charge in [-0.25, -0.2) is 4.98 Å². The summed E-state index contributed by atoms with van der Waals surface area (Å²) in [5.74, 6) is 1.02. The lowest BCUT2D eigenvalue weighted by atomic mass is 9.86. The van der Waals surface area contributed by atoms with Crippen LogP contribution < -0.4 is 15.1 Å². The van der Waals surface area contributed by atoms with E-state index in [4.69, 9.17) is 14.2 Å². The second kappa shape index (κ2) is 10.8. The van der Waals surface area contributed by atoms with E-state index in [1.165, 1.54) is 0 Å². The molecular weight excluding hydrogens is 480 g/mol. The van der Waals surface area contributed by atoms with Crippen LogP contribution in [0.25, 0.3) is 0 Å². The van der Waals surface area contributed by atoms with Crippen molar-refractivity contribution in [2.75, 3.05) is 35.4 Å². The first kappa shape index (κ1) is 25.6. The molecule has 3 aliphatic heterocycles. The summed E-state index contributed by atoms with van der Waals surface area (Å²) >= 11 is 0. The Morgan fingerprint density at radius 2 is 1.84 bits per heavy atom. The van der Waals surface area contributed by atoms with Crippen molar-refractivity contribution in [2.24, 2.45) is 5.92 Å². The third kappa shape index (κ3) is 5.01. The maximum Gasteiger partial charge on any atom is 0.230 e. The van der Waals surface area contributed by atoms with Gasteiger partial charge in [-0.15, -0.1) is 0 Å². The molecule has 1 N–H and O–H groups in total. The van der Waals surface area contributed by atoms with Gasteiger partial charge in [0.15, 0.2) is 0 Å². The number of anilines is 4. The van der Waals surface area contributed by atoms with Crippen molar-refractivity contribution < 1.29 is 19.0 Å². The number of fused-ring (bicyclic) bond motifs is 4. The summed E-state index contributed by atoms with van der Waals surface area (Å²) in [7, 11) is 1.81. The third-order valence-electron chi connectivity index (χ3n) is 8.61. The van der Waals surface area contributed by atoms with Gasteiger partial charge in [0, 0.05) is 30.5 Å². The van der Waals surface area contributed by atoms with E-state index in [1.54, 1.807) is 6.20 Å². The van der Waals surface area contributed by atoms with Gasteiger partial charge in [-0.05, 0) is 76.6 Å². The largest absolute Gasteiger partial charge is 0.381 e. The summed E-state index contributed by atoms with van der Waals surface area (Å²) in [6.07, 6.45) is 8.02. The molecule has 0 radical (unpaired) electrons. The molecule has 2 bridgehead atoms. The summed E-state index contributed by atoms with van der Waals surface area (Å²) in [4.78, 5) is 23.3. The van der Waals surface area contributed by atoms with Gasteiger partial charge in [0.25, 0.3) is 0 Å². The lowest BCUT2D eigenvalue weighted by molar-refractivity contribution is -0.124. The molecule has 3 fully saturated rings. The monoisotopic (exact) mass is 520 g/mol. The number of piperidine rings is 1. The number of amides is 1. The minimum absolute atomic E-state index is 0.00182. The number of ether oxygens (including phenoxy) is 3. The number of hydrogen-bond acceptors (Lipinski definition) is 7. The Hall–Kier alpha value is -2.68. The number of nitrogens with one attached hydrogen (secondary N) is 1. The predicted molar refractivity (Wildman–Crippen MR) is 148 cm³/mol. The summed E-state index contributed by atoms with van der Waals surface area (Å²) in [5, 5.41) is 3.53. The van der Waals surface area contributed by atoms with Crippen molar-refractivity contribution in [1.82, 2.24) is 4.98 Å². The highest BCUT2D eigenvalue weighted by Crippen LogP contribution is 2.42. The second-order valence-corrected chi connectivity index (χ2v) is 11.5. The van der Waals surface area contributed by atoms with Crippen molar-refractivity contribution in [3.63, 3.8) is 0 Å².